The van der Waals surface area contributed by atoms with Crippen molar-refractivity contribution in [1.82, 2.24) is 0 Å². The Morgan fingerprint density at radius 1 is 1.53 bits per heavy atom. The summed E-state index contributed by atoms with van der Waals surface area (Å²) in [6, 6.07) is 8.19. The lowest BCUT2D eigenvalue weighted by molar-refractivity contribution is -0.110. The largest absolute Gasteiger partial charge is 0.381 e. The lowest BCUT2D eigenvalue weighted by atomic mass is 9.86. The average molecular weight is 204 g/mol. The number of aldehydes is 1. The molecule has 2 heteroatoms. The minimum absolute atomic E-state index is 0.00685. The second-order valence-corrected chi connectivity index (χ2v) is 4.20. The Bertz CT molecular complexity index is 340. The number of rotatable bonds is 3. The van der Waals surface area contributed by atoms with E-state index >= 15 is 0 Å². The molecule has 1 aromatic rings. The van der Waals surface area contributed by atoms with Gasteiger partial charge in [0.2, 0.25) is 0 Å². The van der Waals surface area contributed by atoms with Crippen LogP contribution in [0.25, 0.3) is 0 Å². The molecule has 1 fully saturated rings. The summed E-state index contributed by atoms with van der Waals surface area (Å²) in [5.41, 5.74) is 2.33. The smallest absolute Gasteiger partial charge is 0.127 e. The number of hydrogen-bond acceptors (Lipinski definition) is 2. The molecule has 0 radical (unpaired) electrons. The minimum atomic E-state index is 0.00685. The van der Waals surface area contributed by atoms with Crippen molar-refractivity contribution in [3.8, 4) is 0 Å². The van der Waals surface area contributed by atoms with E-state index < -0.39 is 0 Å². The Morgan fingerprint density at radius 2 is 2.40 bits per heavy atom. The molecule has 0 amide bonds. The summed E-state index contributed by atoms with van der Waals surface area (Å²) in [5, 5.41) is 0. The van der Waals surface area contributed by atoms with Crippen LogP contribution in [0, 0.1) is 12.8 Å². The van der Waals surface area contributed by atoms with Crippen LogP contribution in [0.3, 0.4) is 0 Å². The third kappa shape index (κ3) is 2.26. The van der Waals surface area contributed by atoms with Crippen molar-refractivity contribution >= 4 is 6.29 Å². The van der Waals surface area contributed by atoms with E-state index in [2.05, 4.69) is 19.1 Å². The number of ether oxygens (including phenoxy) is 1. The summed E-state index contributed by atoms with van der Waals surface area (Å²) in [6.45, 7) is 3.56. The predicted molar refractivity (Wildman–Crippen MR) is 58.9 cm³/mol. The van der Waals surface area contributed by atoms with Gasteiger partial charge in [-0.2, -0.15) is 0 Å². The molecule has 2 atom stereocenters. The second kappa shape index (κ2) is 4.58. The van der Waals surface area contributed by atoms with Gasteiger partial charge in [-0.15, -0.1) is 0 Å². The van der Waals surface area contributed by atoms with E-state index in [9.17, 15) is 4.79 Å². The second-order valence-electron chi connectivity index (χ2n) is 4.20. The van der Waals surface area contributed by atoms with Crippen LogP contribution in [0.15, 0.2) is 24.3 Å². The maximum absolute atomic E-state index is 11.1. The van der Waals surface area contributed by atoms with E-state index in [4.69, 9.17) is 4.74 Å². The molecule has 1 aromatic carbocycles. The first-order valence-electron chi connectivity index (χ1n) is 5.41. The molecule has 1 saturated heterocycles. The van der Waals surface area contributed by atoms with E-state index in [0.717, 1.165) is 31.5 Å². The molecule has 15 heavy (non-hydrogen) atoms. The molecule has 0 N–H and O–H groups in total. The summed E-state index contributed by atoms with van der Waals surface area (Å²) in [4.78, 5) is 11.1. The highest BCUT2D eigenvalue weighted by molar-refractivity contribution is 5.63. The lowest BCUT2D eigenvalue weighted by Crippen LogP contribution is -2.14. The van der Waals surface area contributed by atoms with Crippen LogP contribution >= 0.6 is 0 Å². The number of carbonyl (C=O) groups is 1. The SMILES string of the molecule is Cc1cccc(C(C=O)C2CCOC2)c1. The van der Waals surface area contributed by atoms with Crippen LogP contribution < -0.4 is 0 Å². The third-order valence-corrected chi connectivity index (χ3v) is 3.05. The van der Waals surface area contributed by atoms with Gasteiger partial charge in [0, 0.05) is 12.5 Å². The molecular formula is C13H16O2. The lowest BCUT2D eigenvalue weighted by Gasteiger charge is -2.16. The highest BCUT2D eigenvalue weighted by atomic mass is 16.5. The van der Waals surface area contributed by atoms with Gasteiger partial charge in [-0.25, -0.2) is 0 Å². The van der Waals surface area contributed by atoms with E-state index in [1.807, 2.05) is 12.1 Å². The Labute approximate surface area is 90.3 Å². The molecule has 0 saturated carbocycles. The summed E-state index contributed by atoms with van der Waals surface area (Å²) in [5.74, 6) is 0.372. The van der Waals surface area contributed by atoms with Crippen LogP contribution in [0.2, 0.25) is 0 Å². The highest BCUT2D eigenvalue weighted by Gasteiger charge is 2.26. The molecule has 0 aromatic heterocycles. The molecular weight excluding hydrogens is 188 g/mol. The van der Waals surface area contributed by atoms with Crippen molar-refractivity contribution in [2.45, 2.75) is 19.3 Å². The maximum Gasteiger partial charge on any atom is 0.127 e. The Kier molecular flexibility index (Phi) is 3.17. The number of carbonyl (C=O) groups excluding carboxylic acids is 1. The predicted octanol–water partition coefficient (Wildman–Crippen LogP) is 2.31. The number of benzene rings is 1. The first-order chi connectivity index (χ1) is 7.31. The van der Waals surface area contributed by atoms with Crippen LogP contribution in [-0.2, 0) is 9.53 Å². The summed E-state index contributed by atoms with van der Waals surface area (Å²) in [6.07, 6.45) is 2.06. The fourth-order valence-corrected chi connectivity index (χ4v) is 2.18. The van der Waals surface area contributed by atoms with E-state index in [-0.39, 0.29) is 5.92 Å². The maximum atomic E-state index is 11.1. The van der Waals surface area contributed by atoms with E-state index in [0.29, 0.717) is 5.92 Å². The molecule has 1 aliphatic heterocycles. The first kappa shape index (κ1) is 10.4. The Hall–Kier alpha value is -1.15. The molecule has 1 heterocycles. The summed E-state index contributed by atoms with van der Waals surface area (Å²) in [7, 11) is 0. The normalized spacial score (nSPS) is 22.6. The van der Waals surface area contributed by atoms with Crippen molar-refractivity contribution in [2.75, 3.05) is 13.2 Å². The molecule has 2 unspecified atom stereocenters. The number of hydrogen-bond donors (Lipinski definition) is 0. The standard InChI is InChI=1S/C13H16O2/c1-10-3-2-4-11(7-10)13(8-14)12-5-6-15-9-12/h2-4,7-8,12-13H,5-6,9H2,1H3. The van der Waals surface area contributed by atoms with Gasteiger partial charge in [-0.3, -0.25) is 0 Å². The van der Waals surface area contributed by atoms with Crippen LogP contribution in [-0.4, -0.2) is 19.5 Å². The molecule has 0 spiro atoms. The fraction of sp³-hybridized carbons (Fsp3) is 0.462. The van der Waals surface area contributed by atoms with Crippen molar-refractivity contribution in [3.05, 3.63) is 35.4 Å². The molecule has 80 valence electrons. The van der Waals surface area contributed by atoms with Gasteiger partial charge >= 0.3 is 0 Å². The first-order valence-corrected chi connectivity index (χ1v) is 5.41. The molecule has 0 aliphatic carbocycles. The minimum Gasteiger partial charge on any atom is -0.381 e. The average Bonchev–Trinajstić information content (AvgIpc) is 2.72. The van der Waals surface area contributed by atoms with Crippen molar-refractivity contribution in [2.24, 2.45) is 5.92 Å². The third-order valence-electron chi connectivity index (χ3n) is 3.05. The molecule has 2 nitrogen and oxygen atoms in total. The van der Waals surface area contributed by atoms with Crippen LogP contribution in [0.4, 0.5) is 0 Å². The van der Waals surface area contributed by atoms with Gasteiger partial charge in [-0.05, 0) is 24.8 Å². The van der Waals surface area contributed by atoms with Crippen molar-refractivity contribution < 1.29 is 9.53 Å². The molecule has 0 bridgehead atoms. The van der Waals surface area contributed by atoms with Gasteiger partial charge in [0.05, 0.1) is 6.61 Å². The van der Waals surface area contributed by atoms with Gasteiger partial charge in [0.15, 0.2) is 0 Å². The quantitative estimate of drug-likeness (QED) is 0.706. The van der Waals surface area contributed by atoms with Crippen LogP contribution in [0.5, 0.6) is 0 Å². The molecule has 1 aliphatic rings. The van der Waals surface area contributed by atoms with Gasteiger partial charge in [0.1, 0.15) is 6.29 Å². The zero-order valence-electron chi connectivity index (χ0n) is 8.98. The van der Waals surface area contributed by atoms with Gasteiger partial charge in [-0.1, -0.05) is 29.8 Å². The zero-order valence-corrected chi connectivity index (χ0v) is 8.98. The Balaban J connectivity index is 2.21. The van der Waals surface area contributed by atoms with Crippen molar-refractivity contribution in [3.63, 3.8) is 0 Å². The fourth-order valence-electron chi connectivity index (χ4n) is 2.18. The van der Waals surface area contributed by atoms with E-state index in [1.54, 1.807) is 0 Å². The summed E-state index contributed by atoms with van der Waals surface area (Å²) >= 11 is 0. The monoisotopic (exact) mass is 204 g/mol. The summed E-state index contributed by atoms with van der Waals surface area (Å²) < 4.78 is 5.33. The highest BCUT2D eigenvalue weighted by Crippen LogP contribution is 2.29. The number of aryl methyl sites for hydroxylation is 1. The topological polar surface area (TPSA) is 26.3 Å². The van der Waals surface area contributed by atoms with Crippen LogP contribution in [0.1, 0.15) is 23.5 Å². The molecule has 2 rings (SSSR count). The van der Waals surface area contributed by atoms with Gasteiger partial charge in [0.25, 0.3) is 0 Å². The zero-order chi connectivity index (χ0) is 10.7. The van der Waals surface area contributed by atoms with Gasteiger partial charge < -0.3 is 9.53 Å². The Morgan fingerprint density at radius 3 is 3.00 bits per heavy atom. The van der Waals surface area contributed by atoms with Crippen molar-refractivity contribution in [1.29, 1.82) is 0 Å². The van der Waals surface area contributed by atoms with E-state index in [1.165, 1.54) is 5.56 Å².